The number of rotatable bonds is 5. The van der Waals surface area contributed by atoms with Crippen molar-refractivity contribution in [3.05, 3.63) is 74.9 Å². The zero-order valence-corrected chi connectivity index (χ0v) is 20.3. The van der Waals surface area contributed by atoms with Gasteiger partial charge in [0.2, 0.25) is 0 Å². The zero-order chi connectivity index (χ0) is 22.8. The summed E-state index contributed by atoms with van der Waals surface area (Å²) in [7, 11) is 3.07. The molecule has 3 aromatic rings. The number of halogens is 1. The van der Waals surface area contributed by atoms with Crippen LogP contribution in [0.5, 0.6) is 11.5 Å². The second-order valence-electron chi connectivity index (χ2n) is 7.14. The Kier molecular flexibility index (Phi) is 6.43. The van der Waals surface area contributed by atoms with Crippen LogP contribution in [0, 0.1) is 3.57 Å². The van der Waals surface area contributed by atoms with E-state index in [9.17, 15) is 9.59 Å². The number of hydrogen-bond acceptors (Lipinski definition) is 5. The molecule has 1 aliphatic heterocycles. The fourth-order valence-electron chi connectivity index (χ4n) is 3.44. The molecule has 0 spiro atoms. The number of hydrogen-bond donors (Lipinski definition) is 1. The van der Waals surface area contributed by atoms with Crippen molar-refractivity contribution in [1.82, 2.24) is 10.2 Å². The van der Waals surface area contributed by atoms with Gasteiger partial charge in [-0.05, 0) is 74.9 Å². The number of thiocarbonyl (C=S) groups is 1. The zero-order valence-electron chi connectivity index (χ0n) is 17.3. The number of likely N-dealkylation sites (N-methyl/N-ethyl adjacent to an activating group) is 1. The van der Waals surface area contributed by atoms with Crippen molar-refractivity contribution in [2.24, 2.45) is 0 Å². The summed E-state index contributed by atoms with van der Waals surface area (Å²) in [4.78, 5) is 26.0. The number of methoxy groups -OCH3 is 1. The maximum Gasteiger partial charge on any atom is 0.265 e. The van der Waals surface area contributed by atoms with E-state index in [2.05, 4.69) is 46.1 Å². The van der Waals surface area contributed by atoms with Crippen LogP contribution in [0.4, 0.5) is 0 Å². The molecule has 0 radical (unpaired) electrons. The van der Waals surface area contributed by atoms with Gasteiger partial charge >= 0.3 is 0 Å². The van der Waals surface area contributed by atoms with Crippen molar-refractivity contribution in [2.45, 2.75) is 6.61 Å². The molecule has 6 nitrogen and oxygen atoms in total. The van der Waals surface area contributed by atoms with Gasteiger partial charge in [-0.3, -0.25) is 19.8 Å². The van der Waals surface area contributed by atoms with E-state index >= 15 is 0 Å². The quantitative estimate of drug-likeness (QED) is 0.219. The monoisotopic (exact) mass is 558 g/mol. The SMILES string of the molecule is COc1cc(/C=C2\C(=O)NC(=S)N(C)C2=O)cc(I)c1OCc1cccc2ccccc12. The van der Waals surface area contributed by atoms with Gasteiger partial charge in [0.05, 0.1) is 10.7 Å². The third kappa shape index (κ3) is 4.33. The first-order valence-electron chi connectivity index (χ1n) is 9.71. The number of benzene rings is 3. The minimum absolute atomic E-state index is 0.00313. The van der Waals surface area contributed by atoms with Crippen LogP contribution < -0.4 is 14.8 Å². The summed E-state index contributed by atoms with van der Waals surface area (Å²) in [6.45, 7) is 0.372. The Hall–Kier alpha value is -2.98. The molecule has 0 unspecified atom stereocenters. The Morgan fingerprint density at radius 3 is 2.66 bits per heavy atom. The molecule has 0 saturated carbocycles. The predicted octanol–water partition coefficient (Wildman–Crippen LogP) is 4.29. The molecular formula is C24H19IN2O4S. The maximum atomic E-state index is 12.5. The van der Waals surface area contributed by atoms with Gasteiger partial charge in [-0.25, -0.2) is 0 Å². The third-order valence-corrected chi connectivity index (χ3v) is 6.30. The molecule has 4 rings (SSSR count). The van der Waals surface area contributed by atoms with E-state index in [1.807, 2.05) is 30.3 Å². The lowest BCUT2D eigenvalue weighted by Gasteiger charge is -2.25. The van der Waals surface area contributed by atoms with Crippen LogP contribution in [-0.2, 0) is 16.2 Å². The molecule has 8 heteroatoms. The highest BCUT2D eigenvalue weighted by atomic mass is 127. The number of fused-ring (bicyclic) bond motifs is 1. The summed E-state index contributed by atoms with van der Waals surface area (Å²) < 4.78 is 12.5. The Morgan fingerprint density at radius 2 is 1.88 bits per heavy atom. The minimum Gasteiger partial charge on any atom is -0.493 e. The van der Waals surface area contributed by atoms with Crippen LogP contribution in [0.1, 0.15) is 11.1 Å². The fraction of sp³-hybridized carbons (Fsp3) is 0.125. The number of nitrogens with zero attached hydrogens (tertiary/aromatic N) is 1. The molecule has 0 aliphatic carbocycles. The van der Waals surface area contributed by atoms with Gasteiger partial charge in [0.25, 0.3) is 11.8 Å². The third-order valence-electron chi connectivity index (χ3n) is 5.12. The highest BCUT2D eigenvalue weighted by molar-refractivity contribution is 14.1. The summed E-state index contributed by atoms with van der Waals surface area (Å²) in [6, 6.07) is 17.8. The van der Waals surface area contributed by atoms with Crippen molar-refractivity contribution < 1.29 is 19.1 Å². The second-order valence-corrected chi connectivity index (χ2v) is 8.69. The summed E-state index contributed by atoms with van der Waals surface area (Å²) in [5.41, 5.74) is 1.71. The number of nitrogens with one attached hydrogen (secondary N) is 1. The molecule has 0 aromatic heterocycles. The lowest BCUT2D eigenvalue weighted by molar-refractivity contribution is -0.128. The van der Waals surface area contributed by atoms with Crippen LogP contribution >= 0.6 is 34.8 Å². The molecule has 1 fully saturated rings. The summed E-state index contributed by atoms with van der Waals surface area (Å²) in [6.07, 6.45) is 1.52. The van der Waals surface area contributed by atoms with Crippen molar-refractivity contribution in [3.63, 3.8) is 0 Å². The first-order chi connectivity index (χ1) is 15.4. The Bertz CT molecular complexity index is 1280. The molecule has 162 valence electrons. The van der Waals surface area contributed by atoms with E-state index in [1.165, 1.54) is 18.0 Å². The molecule has 1 saturated heterocycles. The van der Waals surface area contributed by atoms with Gasteiger partial charge in [-0.15, -0.1) is 0 Å². The lowest BCUT2D eigenvalue weighted by Crippen LogP contribution is -2.52. The van der Waals surface area contributed by atoms with E-state index in [-0.39, 0.29) is 10.7 Å². The molecule has 1 heterocycles. The summed E-state index contributed by atoms with van der Waals surface area (Å²) >= 11 is 7.14. The van der Waals surface area contributed by atoms with Gasteiger partial charge in [0.1, 0.15) is 12.2 Å². The molecule has 0 bridgehead atoms. The number of carbonyl (C=O) groups is 2. The van der Waals surface area contributed by atoms with Gasteiger partial charge in [0.15, 0.2) is 16.6 Å². The number of amides is 2. The summed E-state index contributed by atoms with van der Waals surface area (Å²) in [5, 5.41) is 4.88. The highest BCUT2D eigenvalue weighted by Gasteiger charge is 2.30. The van der Waals surface area contributed by atoms with E-state index in [0.29, 0.717) is 23.7 Å². The molecule has 1 N–H and O–H groups in total. The van der Waals surface area contributed by atoms with Crippen LogP contribution in [0.15, 0.2) is 60.2 Å². The molecule has 2 amide bonds. The number of ether oxygens (including phenoxy) is 2. The topological polar surface area (TPSA) is 67.9 Å². The van der Waals surface area contributed by atoms with Crippen LogP contribution in [0.25, 0.3) is 16.8 Å². The second kappa shape index (κ2) is 9.25. The van der Waals surface area contributed by atoms with Gasteiger partial charge in [-0.1, -0.05) is 42.5 Å². The Labute approximate surface area is 204 Å². The van der Waals surface area contributed by atoms with Gasteiger partial charge < -0.3 is 9.47 Å². The standard InChI is InChI=1S/C24H19IN2O4S/c1-27-23(29)18(22(28)26-24(27)32)10-14-11-19(25)21(20(12-14)30-2)31-13-16-8-5-7-15-6-3-4-9-17(15)16/h3-12H,13H2,1-2H3,(H,26,28,32)/b18-10+. The average Bonchev–Trinajstić information content (AvgIpc) is 2.79. The fourth-order valence-corrected chi connectivity index (χ4v) is 4.40. The molecular weight excluding hydrogens is 539 g/mol. The first kappa shape index (κ1) is 22.2. The molecule has 3 aromatic carbocycles. The normalized spacial score (nSPS) is 15.3. The van der Waals surface area contributed by atoms with Gasteiger partial charge in [0, 0.05) is 7.05 Å². The van der Waals surface area contributed by atoms with Crippen molar-refractivity contribution in [2.75, 3.05) is 14.2 Å². The van der Waals surface area contributed by atoms with E-state index < -0.39 is 11.8 Å². The van der Waals surface area contributed by atoms with Crippen molar-refractivity contribution in [3.8, 4) is 11.5 Å². The largest absolute Gasteiger partial charge is 0.493 e. The number of carbonyl (C=O) groups excluding carboxylic acids is 2. The van der Waals surface area contributed by atoms with Crippen LogP contribution in [-0.4, -0.2) is 36.0 Å². The predicted molar refractivity (Wildman–Crippen MR) is 135 cm³/mol. The highest BCUT2D eigenvalue weighted by Crippen LogP contribution is 2.36. The maximum absolute atomic E-state index is 12.5. The van der Waals surface area contributed by atoms with Crippen LogP contribution in [0.3, 0.4) is 0 Å². The summed E-state index contributed by atoms with van der Waals surface area (Å²) in [5.74, 6) is 0.129. The Morgan fingerprint density at radius 1 is 1.12 bits per heavy atom. The average molecular weight is 558 g/mol. The molecule has 32 heavy (non-hydrogen) atoms. The van der Waals surface area contributed by atoms with Gasteiger partial charge in [-0.2, -0.15) is 0 Å². The molecule has 1 aliphatic rings. The van der Waals surface area contributed by atoms with Crippen molar-refractivity contribution >= 4 is 68.6 Å². The van der Waals surface area contributed by atoms with E-state index in [1.54, 1.807) is 13.2 Å². The Balaban J connectivity index is 1.63. The molecule has 0 atom stereocenters. The lowest BCUT2D eigenvalue weighted by atomic mass is 10.1. The van der Waals surface area contributed by atoms with E-state index in [4.69, 9.17) is 21.7 Å². The minimum atomic E-state index is -0.525. The van der Waals surface area contributed by atoms with E-state index in [0.717, 1.165) is 19.9 Å². The van der Waals surface area contributed by atoms with Crippen LogP contribution in [0.2, 0.25) is 0 Å². The first-order valence-corrected chi connectivity index (χ1v) is 11.2. The van der Waals surface area contributed by atoms with Crippen molar-refractivity contribution in [1.29, 1.82) is 0 Å². The smallest absolute Gasteiger partial charge is 0.265 e.